The van der Waals surface area contributed by atoms with E-state index in [1.54, 1.807) is 32.2 Å². The van der Waals surface area contributed by atoms with Crippen LogP contribution in [0.1, 0.15) is 51.9 Å². The van der Waals surface area contributed by atoms with Crippen molar-refractivity contribution in [2.45, 2.75) is 71.7 Å². The zero-order valence-corrected chi connectivity index (χ0v) is 21.9. The Labute approximate surface area is 208 Å². The molecule has 200 valence electrons. The monoisotopic (exact) mass is 529 g/mol. The van der Waals surface area contributed by atoms with Crippen LogP contribution in [0.3, 0.4) is 0 Å². The van der Waals surface area contributed by atoms with E-state index < -0.39 is 57.6 Å². The minimum absolute atomic E-state index is 0.404. The highest BCUT2D eigenvalue weighted by Gasteiger charge is 2.47. The van der Waals surface area contributed by atoms with Gasteiger partial charge in [-0.15, -0.1) is 0 Å². The molecule has 1 aliphatic rings. The Morgan fingerprint density at radius 1 is 1.03 bits per heavy atom. The SMILES string of the molecule is Cc1ncnn2c(CC3(OCP(=O)(OCOC(=O)OC(C)C)OCOC(=O)OC(C)C)CC3)ccc12. The van der Waals surface area contributed by atoms with Crippen molar-refractivity contribution in [3.05, 3.63) is 29.8 Å². The maximum absolute atomic E-state index is 13.3. The number of hydrogen-bond donors (Lipinski definition) is 0. The molecule has 0 bridgehead atoms. The number of hydrogen-bond acceptors (Lipinski definition) is 12. The summed E-state index contributed by atoms with van der Waals surface area (Å²) in [7, 11) is -4.02. The molecular formula is C22H32N3O10P. The molecule has 1 saturated carbocycles. The van der Waals surface area contributed by atoms with Crippen LogP contribution in [0.15, 0.2) is 18.5 Å². The molecule has 1 aliphatic carbocycles. The quantitative estimate of drug-likeness (QED) is 0.206. The minimum Gasteiger partial charge on any atom is -0.432 e. The highest BCUT2D eigenvalue weighted by atomic mass is 31.2. The van der Waals surface area contributed by atoms with Gasteiger partial charge in [0.1, 0.15) is 12.7 Å². The summed E-state index contributed by atoms with van der Waals surface area (Å²) in [6.07, 6.45) is 0.169. The first-order chi connectivity index (χ1) is 17.0. The van der Waals surface area contributed by atoms with Crippen molar-refractivity contribution in [2.75, 3.05) is 19.9 Å². The number of carbonyl (C=O) groups is 2. The lowest BCUT2D eigenvalue weighted by Crippen LogP contribution is -2.22. The van der Waals surface area contributed by atoms with E-state index in [9.17, 15) is 14.2 Å². The molecule has 0 spiro atoms. The summed E-state index contributed by atoms with van der Waals surface area (Å²) in [4.78, 5) is 27.4. The van der Waals surface area contributed by atoms with E-state index >= 15 is 0 Å². The lowest BCUT2D eigenvalue weighted by Gasteiger charge is -2.22. The molecule has 14 heteroatoms. The third kappa shape index (κ3) is 8.16. The average molecular weight is 529 g/mol. The van der Waals surface area contributed by atoms with Gasteiger partial charge < -0.3 is 23.7 Å². The lowest BCUT2D eigenvalue weighted by atomic mass is 10.2. The van der Waals surface area contributed by atoms with E-state index in [0.717, 1.165) is 29.7 Å². The fourth-order valence-electron chi connectivity index (χ4n) is 3.18. The van der Waals surface area contributed by atoms with Crippen LogP contribution in [0.2, 0.25) is 0 Å². The number of nitrogens with zero attached hydrogens (tertiary/aromatic N) is 3. The zero-order chi connectivity index (χ0) is 26.3. The van der Waals surface area contributed by atoms with Gasteiger partial charge in [0.15, 0.2) is 0 Å². The van der Waals surface area contributed by atoms with E-state index in [4.69, 9.17) is 32.7 Å². The zero-order valence-electron chi connectivity index (χ0n) is 21.0. The normalized spacial score (nSPS) is 14.8. The predicted octanol–water partition coefficient (Wildman–Crippen LogP) is 4.35. The van der Waals surface area contributed by atoms with Gasteiger partial charge in [-0.2, -0.15) is 5.10 Å². The Morgan fingerprint density at radius 3 is 2.14 bits per heavy atom. The number of rotatable bonds is 13. The molecule has 0 atom stereocenters. The third-order valence-electron chi connectivity index (χ3n) is 5.08. The van der Waals surface area contributed by atoms with E-state index in [1.165, 1.54) is 6.33 Å². The Bertz CT molecular complexity index is 1070. The lowest BCUT2D eigenvalue weighted by molar-refractivity contribution is -0.0386. The maximum Gasteiger partial charge on any atom is 0.510 e. The van der Waals surface area contributed by atoms with Gasteiger partial charge in [-0.25, -0.2) is 19.1 Å². The van der Waals surface area contributed by atoms with Gasteiger partial charge in [-0.3, -0.25) is 13.6 Å². The Morgan fingerprint density at radius 2 is 1.61 bits per heavy atom. The second-order valence-electron chi connectivity index (χ2n) is 8.83. The smallest absolute Gasteiger partial charge is 0.432 e. The van der Waals surface area contributed by atoms with Crippen LogP contribution >= 0.6 is 7.60 Å². The molecule has 3 rings (SSSR count). The summed E-state index contributed by atoms with van der Waals surface area (Å²) >= 11 is 0. The molecule has 36 heavy (non-hydrogen) atoms. The Hall–Kier alpha value is -2.73. The summed E-state index contributed by atoms with van der Waals surface area (Å²) in [5, 5.41) is 4.30. The van der Waals surface area contributed by atoms with Crippen molar-refractivity contribution in [2.24, 2.45) is 0 Å². The summed E-state index contributed by atoms with van der Waals surface area (Å²) in [6, 6.07) is 3.87. The van der Waals surface area contributed by atoms with Gasteiger partial charge in [0, 0.05) is 12.1 Å². The molecule has 0 amide bonds. The van der Waals surface area contributed by atoms with Crippen LogP contribution in [0.4, 0.5) is 9.59 Å². The Balaban J connectivity index is 1.60. The van der Waals surface area contributed by atoms with Gasteiger partial charge in [-0.05, 0) is 59.6 Å². The topological polar surface area (TPSA) is 146 Å². The first-order valence-electron chi connectivity index (χ1n) is 11.5. The van der Waals surface area contributed by atoms with E-state index in [2.05, 4.69) is 10.1 Å². The summed E-state index contributed by atoms with van der Waals surface area (Å²) in [5.74, 6) is 0. The van der Waals surface area contributed by atoms with E-state index in [1.807, 2.05) is 19.1 Å². The highest BCUT2D eigenvalue weighted by Crippen LogP contribution is 2.52. The molecule has 2 heterocycles. The fraction of sp³-hybridized carbons (Fsp3) is 0.636. The number of aromatic nitrogens is 3. The summed E-state index contributed by atoms with van der Waals surface area (Å²) < 4.78 is 50.7. The molecule has 0 aromatic carbocycles. The van der Waals surface area contributed by atoms with Crippen molar-refractivity contribution >= 4 is 25.4 Å². The second-order valence-corrected chi connectivity index (χ2v) is 10.8. The van der Waals surface area contributed by atoms with Gasteiger partial charge in [0.05, 0.1) is 29.0 Å². The predicted molar refractivity (Wildman–Crippen MR) is 124 cm³/mol. The molecule has 0 aliphatic heterocycles. The number of fused-ring (bicyclic) bond motifs is 1. The number of aryl methyl sites for hydroxylation is 1. The summed E-state index contributed by atoms with van der Waals surface area (Å²) in [6.45, 7) is 7.06. The molecular weight excluding hydrogens is 497 g/mol. The first-order valence-corrected chi connectivity index (χ1v) is 13.2. The van der Waals surface area contributed by atoms with Crippen molar-refractivity contribution in [1.82, 2.24) is 14.6 Å². The van der Waals surface area contributed by atoms with Gasteiger partial charge in [0.2, 0.25) is 13.6 Å². The van der Waals surface area contributed by atoms with Gasteiger partial charge in [-0.1, -0.05) is 0 Å². The second kappa shape index (κ2) is 12.0. The maximum atomic E-state index is 13.3. The standard InChI is InChI=1S/C22H32N3O10P/c1-15(2)34-20(26)29-12-32-36(28,33-13-30-21(27)35-16(3)4)14-31-22(8-9-22)10-18-6-7-19-17(5)23-11-24-25(18)19/h6-7,11,15-16H,8-10,12-14H2,1-5H3. The van der Waals surface area contributed by atoms with Crippen molar-refractivity contribution < 1.29 is 46.9 Å². The Kier molecular flexibility index (Phi) is 9.29. The van der Waals surface area contributed by atoms with Crippen molar-refractivity contribution in [3.63, 3.8) is 0 Å². The van der Waals surface area contributed by atoms with Crippen LogP contribution in [-0.4, -0.2) is 64.7 Å². The van der Waals surface area contributed by atoms with Gasteiger partial charge >= 0.3 is 19.9 Å². The average Bonchev–Trinajstić information content (AvgIpc) is 3.43. The largest absolute Gasteiger partial charge is 0.510 e. The number of ether oxygens (including phenoxy) is 5. The van der Waals surface area contributed by atoms with Crippen molar-refractivity contribution in [1.29, 1.82) is 0 Å². The molecule has 2 aromatic rings. The molecule has 1 fully saturated rings. The summed E-state index contributed by atoms with van der Waals surface area (Å²) in [5.41, 5.74) is 2.05. The van der Waals surface area contributed by atoms with E-state index in [0.29, 0.717) is 6.42 Å². The first kappa shape index (κ1) is 27.9. The number of carbonyl (C=O) groups excluding carboxylic acids is 2. The van der Waals surface area contributed by atoms with Crippen LogP contribution in [0.25, 0.3) is 5.52 Å². The highest BCUT2D eigenvalue weighted by molar-refractivity contribution is 7.53. The molecule has 0 unspecified atom stereocenters. The molecule has 0 saturated heterocycles. The van der Waals surface area contributed by atoms with Crippen LogP contribution < -0.4 is 0 Å². The minimum atomic E-state index is -4.02. The third-order valence-corrected chi connectivity index (χ3v) is 6.52. The van der Waals surface area contributed by atoms with Crippen LogP contribution in [0.5, 0.6) is 0 Å². The molecule has 2 aromatic heterocycles. The molecule has 0 N–H and O–H groups in total. The van der Waals surface area contributed by atoms with Crippen molar-refractivity contribution in [3.8, 4) is 0 Å². The fourth-order valence-corrected chi connectivity index (χ4v) is 4.26. The molecule has 0 radical (unpaired) electrons. The molecule has 13 nitrogen and oxygen atoms in total. The van der Waals surface area contributed by atoms with E-state index in [-0.39, 0.29) is 0 Å². The van der Waals surface area contributed by atoms with Crippen LogP contribution in [0, 0.1) is 6.92 Å². The van der Waals surface area contributed by atoms with Crippen LogP contribution in [-0.2, 0) is 43.7 Å². The van der Waals surface area contributed by atoms with Gasteiger partial charge in [0.25, 0.3) is 0 Å².